The summed E-state index contributed by atoms with van der Waals surface area (Å²) in [6.07, 6.45) is 0.945. The van der Waals surface area contributed by atoms with Crippen molar-refractivity contribution in [1.29, 1.82) is 0 Å². The molecular formula is C22H26N2O2. The molecule has 0 spiro atoms. The largest absolute Gasteiger partial charge is 0.351 e. The van der Waals surface area contributed by atoms with Crippen LogP contribution in [0.25, 0.3) is 0 Å². The molecule has 0 aliphatic heterocycles. The summed E-state index contributed by atoms with van der Waals surface area (Å²) in [5.74, 6) is 0.478. The number of anilines is 1. The number of hydrogen-bond donors (Lipinski definition) is 2. The summed E-state index contributed by atoms with van der Waals surface area (Å²) in [4.78, 5) is 24.6. The summed E-state index contributed by atoms with van der Waals surface area (Å²) in [6.45, 7) is 6.82. The van der Waals surface area contributed by atoms with Crippen molar-refractivity contribution in [2.24, 2.45) is 11.8 Å². The van der Waals surface area contributed by atoms with Gasteiger partial charge in [0, 0.05) is 29.1 Å². The van der Waals surface area contributed by atoms with Gasteiger partial charge in [-0.1, -0.05) is 57.2 Å². The van der Waals surface area contributed by atoms with Crippen LogP contribution in [0.5, 0.6) is 0 Å². The van der Waals surface area contributed by atoms with Gasteiger partial charge in [-0.25, -0.2) is 0 Å². The van der Waals surface area contributed by atoms with Crippen LogP contribution in [0.1, 0.15) is 43.1 Å². The lowest BCUT2D eigenvalue weighted by molar-refractivity contribution is -0.117. The molecule has 1 aliphatic carbocycles. The normalized spacial score (nSPS) is 18.9. The van der Waals surface area contributed by atoms with Crippen molar-refractivity contribution in [2.75, 3.05) is 11.9 Å². The predicted octanol–water partition coefficient (Wildman–Crippen LogP) is 3.99. The Bertz CT molecular complexity index is 799. The highest BCUT2D eigenvalue weighted by Crippen LogP contribution is 2.38. The zero-order valence-electron chi connectivity index (χ0n) is 15.6. The van der Waals surface area contributed by atoms with Crippen LogP contribution in [0.15, 0.2) is 54.6 Å². The van der Waals surface area contributed by atoms with E-state index in [1.807, 2.05) is 24.3 Å². The molecule has 0 aromatic heterocycles. The molecule has 0 bridgehead atoms. The molecule has 2 aromatic carbocycles. The van der Waals surface area contributed by atoms with E-state index in [0.717, 1.165) is 6.42 Å². The first-order valence-corrected chi connectivity index (χ1v) is 9.11. The van der Waals surface area contributed by atoms with E-state index >= 15 is 0 Å². The van der Waals surface area contributed by atoms with E-state index < -0.39 is 0 Å². The van der Waals surface area contributed by atoms with E-state index in [-0.39, 0.29) is 23.1 Å². The number of nitrogens with one attached hydrogen (secondary N) is 2. The Labute approximate surface area is 155 Å². The molecule has 2 aromatic rings. The first kappa shape index (κ1) is 18.2. The van der Waals surface area contributed by atoms with Crippen LogP contribution < -0.4 is 10.6 Å². The Morgan fingerprint density at radius 3 is 2.42 bits per heavy atom. The van der Waals surface area contributed by atoms with E-state index in [4.69, 9.17) is 0 Å². The fourth-order valence-electron chi connectivity index (χ4n) is 3.06. The molecule has 1 aliphatic rings. The summed E-state index contributed by atoms with van der Waals surface area (Å²) >= 11 is 0. The average Bonchev–Trinajstić information content (AvgIpc) is 3.38. The summed E-state index contributed by atoms with van der Waals surface area (Å²) < 4.78 is 0. The van der Waals surface area contributed by atoms with Crippen LogP contribution in [0.3, 0.4) is 0 Å². The van der Waals surface area contributed by atoms with Gasteiger partial charge >= 0.3 is 0 Å². The summed E-state index contributed by atoms with van der Waals surface area (Å²) in [7, 11) is 0. The Balaban J connectivity index is 1.61. The van der Waals surface area contributed by atoms with Gasteiger partial charge in [-0.15, -0.1) is 0 Å². The van der Waals surface area contributed by atoms with Crippen LogP contribution in [0, 0.1) is 11.8 Å². The molecule has 4 heteroatoms. The van der Waals surface area contributed by atoms with Crippen molar-refractivity contribution < 1.29 is 9.59 Å². The van der Waals surface area contributed by atoms with Gasteiger partial charge in [-0.05, 0) is 36.1 Å². The SMILES string of the molecule is CC1CC1C(=O)Nc1cccc(C(=O)NCC(C)(C)c2ccccc2)c1. The zero-order valence-corrected chi connectivity index (χ0v) is 15.6. The smallest absolute Gasteiger partial charge is 0.251 e. The van der Waals surface area contributed by atoms with Crippen LogP contribution in [-0.4, -0.2) is 18.4 Å². The van der Waals surface area contributed by atoms with Gasteiger partial charge in [-0.2, -0.15) is 0 Å². The van der Waals surface area contributed by atoms with E-state index in [9.17, 15) is 9.59 Å². The molecule has 3 rings (SSSR count). The molecule has 0 heterocycles. The number of benzene rings is 2. The molecule has 2 atom stereocenters. The number of carbonyl (C=O) groups is 2. The van der Waals surface area contributed by atoms with E-state index in [2.05, 4.69) is 43.5 Å². The van der Waals surface area contributed by atoms with Gasteiger partial charge in [0.2, 0.25) is 5.91 Å². The van der Waals surface area contributed by atoms with Gasteiger partial charge in [0.25, 0.3) is 5.91 Å². The summed E-state index contributed by atoms with van der Waals surface area (Å²) in [5.41, 5.74) is 2.24. The van der Waals surface area contributed by atoms with Crippen molar-refractivity contribution in [3.8, 4) is 0 Å². The van der Waals surface area contributed by atoms with Crippen molar-refractivity contribution >= 4 is 17.5 Å². The minimum atomic E-state index is -0.162. The summed E-state index contributed by atoms with van der Waals surface area (Å²) in [5, 5.41) is 5.92. The molecule has 136 valence electrons. The van der Waals surface area contributed by atoms with Gasteiger partial charge in [0.15, 0.2) is 0 Å². The maximum absolute atomic E-state index is 12.5. The van der Waals surface area contributed by atoms with E-state index in [1.165, 1.54) is 5.56 Å². The maximum atomic E-state index is 12.5. The second-order valence-corrected chi connectivity index (χ2v) is 7.82. The third kappa shape index (κ3) is 4.31. The molecule has 26 heavy (non-hydrogen) atoms. The Kier molecular flexibility index (Phi) is 5.12. The highest BCUT2D eigenvalue weighted by atomic mass is 16.2. The van der Waals surface area contributed by atoms with Gasteiger partial charge < -0.3 is 10.6 Å². The molecule has 0 radical (unpaired) electrons. The standard InChI is InChI=1S/C22H26N2O2/c1-15-12-19(15)21(26)24-18-11-7-8-16(13-18)20(25)23-14-22(2,3)17-9-5-4-6-10-17/h4-11,13,15,19H,12,14H2,1-3H3,(H,23,25)(H,24,26). The monoisotopic (exact) mass is 350 g/mol. The number of rotatable bonds is 6. The first-order valence-electron chi connectivity index (χ1n) is 9.11. The van der Waals surface area contributed by atoms with Crippen molar-refractivity contribution in [2.45, 2.75) is 32.6 Å². The molecule has 2 unspecified atom stereocenters. The van der Waals surface area contributed by atoms with Crippen LogP contribution in [0.4, 0.5) is 5.69 Å². The molecule has 2 N–H and O–H groups in total. The number of hydrogen-bond acceptors (Lipinski definition) is 2. The highest BCUT2D eigenvalue weighted by Gasteiger charge is 2.39. The lowest BCUT2D eigenvalue weighted by Crippen LogP contribution is -2.36. The summed E-state index contributed by atoms with van der Waals surface area (Å²) in [6, 6.07) is 17.2. The molecule has 2 amide bonds. The molecule has 1 fully saturated rings. The Hall–Kier alpha value is -2.62. The lowest BCUT2D eigenvalue weighted by Gasteiger charge is -2.25. The second kappa shape index (κ2) is 7.32. The van der Waals surface area contributed by atoms with Gasteiger partial charge in [0.1, 0.15) is 0 Å². The third-order valence-corrected chi connectivity index (χ3v) is 5.08. The molecule has 1 saturated carbocycles. The first-order chi connectivity index (χ1) is 12.4. The van der Waals surface area contributed by atoms with Gasteiger partial charge in [0.05, 0.1) is 0 Å². The minimum absolute atomic E-state index is 0.0419. The fraction of sp³-hybridized carbons (Fsp3) is 0.364. The number of amides is 2. The predicted molar refractivity (Wildman–Crippen MR) is 104 cm³/mol. The number of carbonyl (C=O) groups excluding carboxylic acids is 2. The molecule has 4 nitrogen and oxygen atoms in total. The molecule has 0 saturated heterocycles. The highest BCUT2D eigenvalue weighted by molar-refractivity contribution is 5.98. The third-order valence-electron chi connectivity index (χ3n) is 5.08. The van der Waals surface area contributed by atoms with Gasteiger partial charge in [-0.3, -0.25) is 9.59 Å². The second-order valence-electron chi connectivity index (χ2n) is 7.82. The average molecular weight is 350 g/mol. The minimum Gasteiger partial charge on any atom is -0.351 e. The van der Waals surface area contributed by atoms with Crippen LogP contribution >= 0.6 is 0 Å². The van der Waals surface area contributed by atoms with Crippen molar-refractivity contribution in [3.05, 3.63) is 65.7 Å². The fourth-order valence-corrected chi connectivity index (χ4v) is 3.06. The quantitative estimate of drug-likeness (QED) is 0.828. The molecular weight excluding hydrogens is 324 g/mol. The maximum Gasteiger partial charge on any atom is 0.251 e. The van der Waals surface area contributed by atoms with E-state index in [1.54, 1.807) is 18.2 Å². The van der Waals surface area contributed by atoms with Crippen molar-refractivity contribution in [1.82, 2.24) is 5.32 Å². The van der Waals surface area contributed by atoms with E-state index in [0.29, 0.717) is 23.7 Å². The van der Waals surface area contributed by atoms with Crippen molar-refractivity contribution in [3.63, 3.8) is 0 Å². The Morgan fingerprint density at radius 1 is 1.08 bits per heavy atom. The lowest BCUT2D eigenvalue weighted by atomic mass is 9.84. The Morgan fingerprint density at radius 2 is 1.77 bits per heavy atom. The van der Waals surface area contributed by atoms with Crippen LogP contribution in [-0.2, 0) is 10.2 Å². The zero-order chi connectivity index (χ0) is 18.7. The van der Waals surface area contributed by atoms with Crippen LogP contribution in [0.2, 0.25) is 0 Å². The topological polar surface area (TPSA) is 58.2 Å².